The number of alkyl halides is 3. The van der Waals surface area contributed by atoms with Crippen LogP contribution in [0.25, 0.3) is 22.2 Å². The van der Waals surface area contributed by atoms with Crippen LogP contribution in [-0.4, -0.2) is 45.0 Å². The number of aliphatic hydroxyl groups is 2. The Balaban J connectivity index is 1.52. The average Bonchev–Trinajstić information content (AvgIpc) is 3.80. The van der Waals surface area contributed by atoms with Crippen molar-refractivity contribution in [2.45, 2.75) is 44.1 Å². The minimum Gasteiger partial charge on any atom is -0.494 e. The van der Waals surface area contributed by atoms with Gasteiger partial charge in [0, 0.05) is 22.1 Å². The van der Waals surface area contributed by atoms with E-state index in [4.69, 9.17) is 4.74 Å². The number of hydrogen-bond acceptors (Lipinski definition) is 7. The third-order valence-electron chi connectivity index (χ3n) is 7.38. The third-order valence-corrected chi connectivity index (χ3v) is 7.38. The molecular formula is C30H27F5N4O4. The topological polar surface area (TPSA) is 117 Å². The summed E-state index contributed by atoms with van der Waals surface area (Å²) in [6.07, 6.45) is -3.62. The number of benzene rings is 2. The molecule has 1 aliphatic carbocycles. The number of rotatable bonds is 8. The van der Waals surface area contributed by atoms with Gasteiger partial charge in [-0.15, -0.1) is 10.2 Å². The molecule has 8 nitrogen and oxygen atoms in total. The number of nitrogens with zero attached hydrogens (tertiary/aromatic N) is 3. The van der Waals surface area contributed by atoms with Crippen LogP contribution in [0.5, 0.6) is 5.75 Å². The molecule has 0 aliphatic heterocycles. The predicted octanol–water partition coefficient (Wildman–Crippen LogP) is 5.25. The van der Waals surface area contributed by atoms with E-state index in [1.807, 2.05) is 0 Å². The highest BCUT2D eigenvalue weighted by atomic mass is 19.4. The number of ether oxygens (including phenoxy) is 1. The summed E-state index contributed by atoms with van der Waals surface area (Å²) in [5, 5.41) is 32.0. The number of carbonyl (C=O) groups is 1. The Hall–Kier alpha value is -4.23. The van der Waals surface area contributed by atoms with E-state index in [-0.39, 0.29) is 50.6 Å². The van der Waals surface area contributed by atoms with Crippen molar-refractivity contribution in [2.75, 3.05) is 13.7 Å². The van der Waals surface area contributed by atoms with Gasteiger partial charge in [0.15, 0.2) is 11.5 Å². The monoisotopic (exact) mass is 602 g/mol. The van der Waals surface area contributed by atoms with Crippen LogP contribution in [0.2, 0.25) is 0 Å². The van der Waals surface area contributed by atoms with Crippen molar-refractivity contribution in [3.05, 3.63) is 82.7 Å². The Kier molecular flexibility index (Phi) is 7.59. The first-order valence-electron chi connectivity index (χ1n) is 13.2. The first-order chi connectivity index (χ1) is 20.1. The van der Waals surface area contributed by atoms with Gasteiger partial charge in [0.05, 0.1) is 24.9 Å². The molecule has 13 heteroatoms. The summed E-state index contributed by atoms with van der Waals surface area (Å²) in [4.78, 5) is 17.6. The van der Waals surface area contributed by atoms with Crippen LogP contribution in [0.4, 0.5) is 22.0 Å². The maximum atomic E-state index is 15.6. The maximum Gasteiger partial charge on any atom is 0.435 e. The van der Waals surface area contributed by atoms with Gasteiger partial charge in [-0.1, -0.05) is 0 Å². The van der Waals surface area contributed by atoms with Gasteiger partial charge in [0.2, 0.25) is 0 Å². The van der Waals surface area contributed by atoms with Gasteiger partial charge in [-0.25, -0.2) is 13.8 Å². The summed E-state index contributed by atoms with van der Waals surface area (Å²) >= 11 is 0. The molecule has 0 unspecified atom stereocenters. The Labute approximate surface area is 242 Å². The van der Waals surface area contributed by atoms with Crippen LogP contribution in [0.3, 0.4) is 0 Å². The van der Waals surface area contributed by atoms with Crippen molar-refractivity contribution in [3.63, 3.8) is 0 Å². The number of nitrogens with one attached hydrogen (secondary N) is 1. The van der Waals surface area contributed by atoms with Crippen molar-refractivity contribution >= 4 is 16.8 Å². The molecule has 0 spiro atoms. The molecule has 0 radical (unpaired) electrons. The number of halogens is 5. The molecule has 1 saturated carbocycles. The van der Waals surface area contributed by atoms with E-state index in [0.717, 1.165) is 18.2 Å². The lowest BCUT2D eigenvalue weighted by Crippen LogP contribution is -2.43. The highest BCUT2D eigenvalue weighted by Crippen LogP contribution is 2.46. The van der Waals surface area contributed by atoms with Crippen molar-refractivity contribution in [3.8, 4) is 17.0 Å². The summed E-state index contributed by atoms with van der Waals surface area (Å²) in [5.41, 5.74) is -5.00. The Morgan fingerprint density at radius 3 is 2.26 bits per heavy atom. The fourth-order valence-corrected chi connectivity index (χ4v) is 4.87. The van der Waals surface area contributed by atoms with Crippen LogP contribution in [0.1, 0.15) is 54.0 Å². The lowest BCUT2D eigenvalue weighted by Gasteiger charge is -2.31. The molecule has 226 valence electrons. The van der Waals surface area contributed by atoms with E-state index in [2.05, 4.69) is 20.5 Å². The molecule has 1 aliphatic rings. The van der Waals surface area contributed by atoms with Gasteiger partial charge < -0.3 is 20.3 Å². The van der Waals surface area contributed by atoms with Crippen LogP contribution < -0.4 is 10.1 Å². The lowest BCUT2D eigenvalue weighted by molar-refractivity contribution is -0.141. The first-order valence-corrected chi connectivity index (χ1v) is 13.2. The van der Waals surface area contributed by atoms with E-state index in [1.165, 1.54) is 51.3 Å². The molecule has 4 aromatic rings. The summed E-state index contributed by atoms with van der Waals surface area (Å²) in [6, 6.07) is 9.36. The minimum atomic E-state index is -4.76. The molecule has 0 bridgehead atoms. The van der Waals surface area contributed by atoms with E-state index < -0.39 is 47.2 Å². The second-order valence-corrected chi connectivity index (χ2v) is 11.0. The van der Waals surface area contributed by atoms with E-state index in [9.17, 15) is 32.6 Å². The molecule has 2 aromatic carbocycles. The van der Waals surface area contributed by atoms with Crippen molar-refractivity contribution in [2.24, 2.45) is 5.92 Å². The third kappa shape index (κ3) is 6.00. The zero-order valence-corrected chi connectivity index (χ0v) is 23.3. The second kappa shape index (κ2) is 10.8. The highest BCUT2D eigenvalue weighted by molar-refractivity contribution is 5.99. The summed E-state index contributed by atoms with van der Waals surface area (Å²) in [5.74, 6) is -2.51. The zero-order chi connectivity index (χ0) is 31.3. The standard InChI is InChI=1S/C30H27F5N4O4/c1-28(2,41)20-13-22(37-26(24(20)32)15-4-8-19(31)9-5-15)29(42,18-6-7-18)14-36-27(40)17-10-16-12-23(30(33,34)35)38-39-25(16)21(11-17)43-3/h4-5,8-13,18,41-42H,6-7,14H2,1-3H3,(H,36,40)/t29-/m1/s1. The number of aromatic nitrogens is 3. The fraction of sp³-hybridized carbons (Fsp3) is 0.333. The number of carbonyl (C=O) groups excluding carboxylic acids is 1. The van der Waals surface area contributed by atoms with Crippen molar-refractivity contribution in [1.82, 2.24) is 20.5 Å². The second-order valence-electron chi connectivity index (χ2n) is 11.0. The first kappa shape index (κ1) is 30.2. The largest absolute Gasteiger partial charge is 0.494 e. The molecule has 1 atom stereocenters. The van der Waals surface area contributed by atoms with Gasteiger partial charge >= 0.3 is 6.18 Å². The number of fused-ring (bicyclic) bond motifs is 1. The summed E-state index contributed by atoms with van der Waals surface area (Å²) < 4.78 is 74.1. The fourth-order valence-electron chi connectivity index (χ4n) is 4.87. The quantitative estimate of drug-likeness (QED) is 0.236. The van der Waals surface area contributed by atoms with Crippen LogP contribution in [0.15, 0.2) is 48.5 Å². The zero-order valence-electron chi connectivity index (χ0n) is 23.3. The average molecular weight is 603 g/mol. The van der Waals surface area contributed by atoms with Gasteiger partial charge in [0.25, 0.3) is 5.91 Å². The van der Waals surface area contributed by atoms with Gasteiger partial charge in [-0.2, -0.15) is 13.2 Å². The van der Waals surface area contributed by atoms with Gasteiger partial charge in [0.1, 0.15) is 28.4 Å². The molecule has 2 heterocycles. The SMILES string of the molecule is COc1cc(C(=O)NC[C@](O)(c2cc(C(C)(C)O)c(F)c(-c3ccc(F)cc3)n2)C2CC2)cc2cc(C(F)(F)F)nnc12. The molecule has 5 rings (SSSR count). The van der Waals surface area contributed by atoms with Crippen LogP contribution in [0, 0.1) is 17.6 Å². The Bertz CT molecular complexity index is 1700. The van der Waals surface area contributed by atoms with E-state index >= 15 is 4.39 Å². The van der Waals surface area contributed by atoms with E-state index in [0.29, 0.717) is 12.8 Å². The summed E-state index contributed by atoms with van der Waals surface area (Å²) in [7, 11) is 1.26. The smallest absolute Gasteiger partial charge is 0.435 e. The van der Waals surface area contributed by atoms with Gasteiger partial charge in [-0.05, 0) is 81.1 Å². The van der Waals surface area contributed by atoms with Crippen LogP contribution in [-0.2, 0) is 17.4 Å². The van der Waals surface area contributed by atoms with Crippen LogP contribution >= 0.6 is 0 Å². The maximum absolute atomic E-state index is 15.6. The highest BCUT2D eigenvalue weighted by Gasteiger charge is 2.47. The Morgan fingerprint density at radius 1 is 1.00 bits per heavy atom. The summed E-state index contributed by atoms with van der Waals surface area (Å²) in [6.45, 7) is 2.33. The van der Waals surface area contributed by atoms with Crippen molar-refractivity contribution in [1.29, 1.82) is 0 Å². The predicted molar refractivity (Wildman–Crippen MR) is 145 cm³/mol. The molecule has 0 saturated heterocycles. The molecule has 3 N–H and O–H groups in total. The molecular weight excluding hydrogens is 575 g/mol. The molecule has 1 amide bonds. The number of pyridine rings is 1. The Morgan fingerprint density at radius 2 is 1.67 bits per heavy atom. The molecule has 43 heavy (non-hydrogen) atoms. The lowest BCUT2D eigenvalue weighted by atomic mass is 9.87. The van der Waals surface area contributed by atoms with E-state index in [1.54, 1.807) is 0 Å². The molecule has 1 fully saturated rings. The molecule has 2 aromatic heterocycles. The normalized spacial score (nSPS) is 15.3. The minimum absolute atomic E-state index is 0.0142. The van der Waals surface area contributed by atoms with Crippen molar-refractivity contribution < 1.29 is 41.7 Å². The number of methoxy groups -OCH3 is 1. The number of hydrogen-bond donors (Lipinski definition) is 3. The van der Waals surface area contributed by atoms with Gasteiger partial charge in [-0.3, -0.25) is 4.79 Å². The number of amides is 1.